The first-order chi connectivity index (χ1) is 31.5. The zero-order valence-corrected chi connectivity index (χ0v) is 36.9. The van der Waals surface area contributed by atoms with Gasteiger partial charge in [-0.05, 0) is 154 Å². The number of allylic oxidation sites excluding steroid dienone is 11. The molecule has 7 aromatic carbocycles. The van der Waals surface area contributed by atoms with Gasteiger partial charge in [0.05, 0.1) is 17.1 Å². The molecule has 2 heteroatoms. The molecule has 310 valence electrons. The maximum atomic E-state index is 2.52. The summed E-state index contributed by atoms with van der Waals surface area (Å²) >= 11 is 0. The average Bonchev–Trinajstić information content (AvgIpc) is 3.54. The second kappa shape index (κ2) is 16.7. The van der Waals surface area contributed by atoms with Crippen LogP contribution in [0.2, 0.25) is 0 Å². The Balaban J connectivity index is 1.10. The van der Waals surface area contributed by atoms with Gasteiger partial charge in [0.25, 0.3) is 0 Å². The zero-order valence-electron chi connectivity index (χ0n) is 36.9. The minimum absolute atomic E-state index is 0.523. The lowest BCUT2D eigenvalue weighted by Gasteiger charge is -2.30. The van der Waals surface area contributed by atoms with Gasteiger partial charge in [0, 0.05) is 33.8 Å². The Hall–Kier alpha value is -7.42. The van der Waals surface area contributed by atoms with E-state index in [1.165, 1.54) is 101 Å². The van der Waals surface area contributed by atoms with Crippen molar-refractivity contribution in [2.75, 3.05) is 9.80 Å². The fourth-order valence-corrected chi connectivity index (χ4v) is 10.2. The molecule has 2 aliphatic heterocycles. The molecular formula is C62H52N2. The van der Waals surface area contributed by atoms with Gasteiger partial charge in [-0.15, -0.1) is 0 Å². The Morgan fingerprint density at radius 3 is 2.06 bits per heavy atom. The van der Waals surface area contributed by atoms with Crippen LogP contribution in [0.3, 0.4) is 0 Å². The molecule has 0 fully saturated rings. The van der Waals surface area contributed by atoms with E-state index in [4.69, 9.17) is 0 Å². The Bertz CT molecular complexity index is 3130. The summed E-state index contributed by atoms with van der Waals surface area (Å²) in [6.45, 7) is 6.83. The minimum atomic E-state index is 0.523. The lowest BCUT2D eigenvalue weighted by atomic mass is 9.89. The molecule has 4 aliphatic rings. The van der Waals surface area contributed by atoms with Crippen molar-refractivity contribution in [3.63, 3.8) is 0 Å². The molecule has 0 unspecified atom stereocenters. The van der Waals surface area contributed by atoms with Crippen LogP contribution >= 0.6 is 0 Å². The van der Waals surface area contributed by atoms with Crippen molar-refractivity contribution >= 4 is 50.7 Å². The van der Waals surface area contributed by atoms with Crippen LogP contribution in [0.5, 0.6) is 0 Å². The number of hydrogen-bond acceptors (Lipinski definition) is 2. The summed E-state index contributed by atoms with van der Waals surface area (Å²) in [5.74, 6) is 0.523. The van der Waals surface area contributed by atoms with E-state index < -0.39 is 0 Å². The molecule has 0 spiro atoms. The van der Waals surface area contributed by atoms with Gasteiger partial charge in [0.2, 0.25) is 0 Å². The summed E-state index contributed by atoms with van der Waals surface area (Å²) < 4.78 is 0. The summed E-state index contributed by atoms with van der Waals surface area (Å²) in [5, 5.41) is 0. The van der Waals surface area contributed by atoms with Gasteiger partial charge in [-0.3, -0.25) is 0 Å². The predicted octanol–water partition coefficient (Wildman–Crippen LogP) is 17.6. The Kier molecular flexibility index (Phi) is 10.3. The highest BCUT2D eigenvalue weighted by atomic mass is 15.2. The summed E-state index contributed by atoms with van der Waals surface area (Å²) in [7, 11) is 0. The molecule has 0 N–H and O–H groups in total. The smallest absolute Gasteiger partial charge is 0.0546 e. The SMILES string of the molecule is CC/C=C\C1=C(C)c2cc(-c3ccc4c(c3)N(c3ccc(-c5ccccc5)cc3)C3=C(CCC=C3)c3ccccc3-4)ccc2N(c2cccc(C3=C[C@H](C)CC=C3)c2)c2ccccc21. The van der Waals surface area contributed by atoms with Crippen molar-refractivity contribution < 1.29 is 0 Å². The lowest BCUT2D eigenvalue weighted by molar-refractivity contribution is 0.740. The van der Waals surface area contributed by atoms with Gasteiger partial charge in [0.1, 0.15) is 0 Å². The highest BCUT2D eigenvalue weighted by Gasteiger charge is 2.30. The molecule has 2 heterocycles. The van der Waals surface area contributed by atoms with E-state index in [1.807, 2.05) is 0 Å². The summed E-state index contributed by atoms with van der Waals surface area (Å²) in [6.07, 6.45) is 20.4. The van der Waals surface area contributed by atoms with Crippen LogP contribution in [0.15, 0.2) is 212 Å². The van der Waals surface area contributed by atoms with Crippen LogP contribution in [0.25, 0.3) is 55.7 Å². The third kappa shape index (κ3) is 7.00. The first-order valence-electron chi connectivity index (χ1n) is 23.0. The van der Waals surface area contributed by atoms with Crippen LogP contribution in [0, 0.1) is 5.92 Å². The van der Waals surface area contributed by atoms with E-state index in [9.17, 15) is 0 Å². The number of anilines is 5. The summed E-state index contributed by atoms with van der Waals surface area (Å²) in [6, 6.07) is 61.2. The zero-order chi connectivity index (χ0) is 43.1. The predicted molar refractivity (Wildman–Crippen MR) is 274 cm³/mol. The van der Waals surface area contributed by atoms with Gasteiger partial charge in [-0.25, -0.2) is 0 Å². The third-order valence-electron chi connectivity index (χ3n) is 13.4. The van der Waals surface area contributed by atoms with Crippen molar-refractivity contribution in [2.24, 2.45) is 5.92 Å². The summed E-state index contributed by atoms with van der Waals surface area (Å²) in [5.41, 5.74) is 24.7. The van der Waals surface area contributed by atoms with Crippen LogP contribution in [-0.4, -0.2) is 0 Å². The quantitative estimate of drug-likeness (QED) is 0.158. The number of fused-ring (bicyclic) bond motifs is 6. The molecule has 0 saturated carbocycles. The molecule has 0 radical (unpaired) electrons. The molecule has 0 aromatic heterocycles. The first kappa shape index (κ1) is 39.4. The van der Waals surface area contributed by atoms with E-state index in [0.717, 1.165) is 37.1 Å². The fourth-order valence-electron chi connectivity index (χ4n) is 10.2. The highest BCUT2D eigenvalue weighted by Crippen LogP contribution is 2.52. The maximum absolute atomic E-state index is 2.52. The van der Waals surface area contributed by atoms with E-state index in [-0.39, 0.29) is 0 Å². The second-order valence-corrected chi connectivity index (χ2v) is 17.6. The Morgan fingerprint density at radius 2 is 1.23 bits per heavy atom. The molecule has 0 amide bonds. The first-order valence-corrected chi connectivity index (χ1v) is 23.0. The molecule has 0 saturated heterocycles. The Labute approximate surface area is 378 Å². The van der Waals surface area contributed by atoms with Crippen LogP contribution in [0.4, 0.5) is 28.4 Å². The van der Waals surface area contributed by atoms with Crippen molar-refractivity contribution in [2.45, 2.75) is 46.5 Å². The minimum Gasteiger partial charge on any atom is -0.310 e. The molecule has 11 rings (SSSR count). The van der Waals surface area contributed by atoms with E-state index in [2.05, 4.69) is 237 Å². The Morgan fingerprint density at radius 1 is 0.531 bits per heavy atom. The van der Waals surface area contributed by atoms with E-state index in [0.29, 0.717) is 5.92 Å². The van der Waals surface area contributed by atoms with E-state index in [1.54, 1.807) is 0 Å². The van der Waals surface area contributed by atoms with Gasteiger partial charge in [-0.1, -0.05) is 166 Å². The number of nitrogens with zero attached hydrogens (tertiary/aromatic N) is 2. The fraction of sp³-hybridized carbons (Fsp3) is 0.129. The molecular weight excluding hydrogens is 773 g/mol. The normalized spacial score (nSPS) is 16.4. The van der Waals surface area contributed by atoms with Crippen LogP contribution in [-0.2, 0) is 0 Å². The molecule has 2 aliphatic carbocycles. The van der Waals surface area contributed by atoms with Crippen molar-refractivity contribution in [1.29, 1.82) is 0 Å². The average molecular weight is 825 g/mol. The topological polar surface area (TPSA) is 6.48 Å². The monoisotopic (exact) mass is 824 g/mol. The molecule has 7 aromatic rings. The number of benzene rings is 7. The lowest BCUT2D eigenvalue weighted by Crippen LogP contribution is -2.17. The van der Waals surface area contributed by atoms with Crippen molar-refractivity contribution in [1.82, 2.24) is 0 Å². The van der Waals surface area contributed by atoms with Gasteiger partial charge < -0.3 is 9.80 Å². The highest BCUT2D eigenvalue weighted by molar-refractivity contribution is 6.07. The van der Waals surface area contributed by atoms with E-state index >= 15 is 0 Å². The largest absolute Gasteiger partial charge is 0.310 e. The molecule has 2 nitrogen and oxygen atoms in total. The number of para-hydroxylation sites is 1. The van der Waals surface area contributed by atoms with Crippen molar-refractivity contribution in [3.05, 3.63) is 234 Å². The molecule has 64 heavy (non-hydrogen) atoms. The molecule has 0 bridgehead atoms. The standard InChI is InChI=1S/C62H52N2/c1-4-5-23-52-43(3)58-40-48(33-37-61(58)64(59-28-13-11-26-55(52)59)51-22-16-21-47(39-51)46-20-15-17-42(2)38-46)49-32-36-57-54-25-10-9-24-53(54)56-27-12-14-29-60(56)63(62(57)41-49)50-34-30-45(31-35-50)44-18-7-6-8-19-44/h5-11,13-16,18-26,28-42H,4,12,17,27H2,1-3H3/b23-5-/t42-/m1/s1. The maximum Gasteiger partial charge on any atom is 0.0546 e. The molecule has 1 atom stereocenters. The second-order valence-electron chi connectivity index (χ2n) is 17.6. The summed E-state index contributed by atoms with van der Waals surface area (Å²) in [4.78, 5) is 5.01. The number of rotatable bonds is 7. The van der Waals surface area contributed by atoms with Crippen LogP contribution < -0.4 is 9.80 Å². The van der Waals surface area contributed by atoms with Gasteiger partial charge in [-0.2, -0.15) is 0 Å². The van der Waals surface area contributed by atoms with Crippen LogP contribution in [0.1, 0.15) is 68.7 Å². The van der Waals surface area contributed by atoms with Gasteiger partial charge in [0.15, 0.2) is 0 Å². The number of hydrogen-bond donors (Lipinski definition) is 0. The third-order valence-corrected chi connectivity index (χ3v) is 13.4. The van der Waals surface area contributed by atoms with Gasteiger partial charge >= 0.3 is 0 Å². The van der Waals surface area contributed by atoms with Crippen molar-refractivity contribution in [3.8, 4) is 33.4 Å².